The van der Waals surface area contributed by atoms with Crippen LogP contribution in [0.15, 0.2) is 35.1 Å². The summed E-state index contributed by atoms with van der Waals surface area (Å²) in [4.78, 5) is 90.6. The Bertz CT molecular complexity index is 1330. The number of amides is 5. The Labute approximate surface area is 284 Å². The normalized spacial score (nSPS) is 16.4. The third-order valence-corrected chi connectivity index (χ3v) is 8.11. The second-order valence-corrected chi connectivity index (χ2v) is 12.4. The molecule has 14 nitrogen and oxygen atoms in total. The molecule has 0 aliphatic carbocycles. The van der Waals surface area contributed by atoms with E-state index in [9.17, 15) is 33.6 Å². The Hall–Kier alpha value is -4.53. The smallest absolute Gasteiger partial charge is 0.330 e. The predicted molar refractivity (Wildman–Crippen MR) is 179 cm³/mol. The molecule has 1 aliphatic heterocycles. The fourth-order valence-electron chi connectivity index (χ4n) is 5.08. The zero-order valence-electron chi connectivity index (χ0n) is 27.9. The second kappa shape index (κ2) is 20.7. The number of esters is 2. The van der Waals surface area contributed by atoms with Gasteiger partial charge in [0, 0.05) is 25.1 Å². The minimum atomic E-state index is -1.25. The minimum absolute atomic E-state index is 0.0655. The second-order valence-electron chi connectivity index (χ2n) is 11.7. The van der Waals surface area contributed by atoms with E-state index in [0.717, 1.165) is 5.56 Å². The average molecular weight is 690 g/mol. The largest absolute Gasteiger partial charge is 0.467 e. The van der Waals surface area contributed by atoms with Gasteiger partial charge >= 0.3 is 11.9 Å². The molecule has 264 valence electrons. The SMILES string of the molecule is CCOC(=O)C=CCC[C@H](NC(=O)/C=C/c1ccsc1)C(=O)N[C@@H](CCC(N)=O)C(=O)N1CCC[C@H]1C(=O)N[C@@H](CC(C)C)C(=O)OC. The van der Waals surface area contributed by atoms with E-state index in [1.54, 1.807) is 13.0 Å². The quantitative estimate of drug-likeness (QED) is 0.123. The first kappa shape index (κ1) is 39.6. The molecule has 1 aromatic rings. The molecule has 48 heavy (non-hydrogen) atoms. The molecule has 1 fully saturated rings. The highest BCUT2D eigenvalue weighted by atomic mass is 32.1. The monoisotopic (exact) mass is 689 g/mol. The molecule has 0 aromatic carbocycles. The van der Waals surface area contributed by atoms with Crippen LogP contribution in [-0.4, -0.2) is 90.8 Å². The number of primary amides is 1. The van der Waals surface area contributed by atoms with Gasteiger partial charge in [-0.05, 0) is 79.8 Å². The molecular formula is C33H47N5O9S. The molecule has 0 bridgehead atoms. The van der Waals surface area contributed by atoms with E-state index < -0.39 is 65.6 Å². The number of ether oxygens (including phenoxy) is 2. The minimum Gasteiger partial charge on any atom is -0.467 e. The predicted octanol–water partition coefficient (Wildman–Crippen LogP) is 1.59. The first-order chi connectivity index (χ1) is 22.9. The maximum Gasteiger partial charge on any atom is 0.330 e. The van der Waals surface area contributed by atoms with Gasteiger partial charge in [0.1, 0.15) is 24.2 Å². The summed E-state index contributed by atoms with van der Waals surface area (Å²) in [6.07, 6.45) is 6.64. The third kappa shape index (κ3) is 13.7. The van der Waals surface area contributed by atoms with Crippen LogP contribution in [0, 0.1) is 5.92 Å². The van der Waals surface area contributed by atoms with E-state index in [2.05, 4.69) is 16.0 Å². The molecule has 0 spiro atoms. The zero-order valence-corrected chi connectivity index (χ0v) is 28.7. The molecule has 15 heteroatoms. The van der Waals surface area contributed by atoms with Crippen molar-refractivity contribution >= 4 is 58.9 Å². The molecule has 0 unspecified atom stereocenters. The number of likely N-dealkylation sites (tertiary alicyclic amines) is 1. The van der Waals surface area contributed by atoms with Crippen molar-refractivity contribution in [3.63, 3.8) is 0 Å². The van der Waals surface area contributed by atoms with Crippen molar-refractivity contribution in [1.29, 1.82) is 0 Å². The Kier molecular flexibility index (Phi) is 17.1. The van der Waals surface area contributed by atoms with Crippen LogP contribution in [0.3, 0.4) is 0 Å². The highest BCUT2D eigenvalue weighted by Gasteiger charge is 2.39. The van der Waals surface area contributed by atoms with Gasteiger partial charge in [0.2, 0.25) is 29.5 Å². The Morgan fingerprint density at radius 1 is 1.04 bits per heavy atom. The van der Waals surface area contributed by atoms with Gasteiger partial charge in [-0.25, -0.2) is 9.59 Å². The van der Waals surface area contributed by atoms with Crippen LogP contribution in [0.25, 0.3) is 6.08 Å². The number of hydrogen-bond acceptors (Lipinski definition) is 10. The molecule has 0 saturated carbocycles. The molecule has 4 atom stereocenters. The fraction of sp³-hybridized carbons (Fsp3) is 0.545. The van der Waals surface area contributed by atoms with Crippen molar-refractivity contribution in [3.8, 4) is 0 Å². The number of nitrogens with zero attached hydrogens (tertiary/aromatic N) is 1. The number of methoxy groups -OCH3 is 1. The number of carbonyl (C=O) groups excluding carboxylic acids is 7. The van der Waals surface area contributed by atoms with Gasteiger partial charge in [0.15, 0.2) is 0 Å². The standard InChI is InChI=1S/C33H47N5O9S/c1-5-47-29(41)11-7-6-9-23(35-28(40)15-12-22-16-18-48-20-22)30(42)36-24(13-14-27(34)39)32(44)38-17-8-10-26(38)31(43)37-25(19-21(2)3)33(45)46-4/h7,11-12,15-16,18,20-21,23-26H,5-6,8-10,13-14,17,19H2,1-4H3,(H2,34,39)(H,35,40)(H,36,42)(H,37,43)/b11-7?,15-12+/t23-,24-,25-,26-/m0/s1. The van der Waals surface area contributed by atoms with Crippen LogP contribution in [0.5, 0.6) is 0 Å². The number of nitrogens with one attached hydrogen (secondary N) is 3. The number of carbonyl (C=O) groups is 7. The van der Waals surface area contributed by atoms with Gasteiger partial charge in [-0.3, -0.25) is 24.0 Å². The molecule has 1 aromatic heterocycles. The summed E-state index contributed by atoms with van der Waals surface area (Å²) in [5, 5.41) is 11.7. The van der Waals surface area contributed by atoms with Gasteiger partial charge in [-0.15, -0.1) is 0 Å². The topological polar surface area (TPSA) is 203 Å². The highest BCUT2D eigenvalue weighted by molar-refractivity contribution is 7.08. The van der Waals surface area contributed by atoms with Gasteiger partial charge in [0.05, 0.1) is 13.7 Å². The van der Waals surface area contributed by atoms with E-state index in [0.29, 0.717) is 19.3 Å². The van der Waals surface area contributed by atoms with Crippen LogP contribution in [-0.2, 0) is 43.0 Å². The molecule has 0 radical (unpaired) electrons. The Morgan fingerprint density at radius 2 is 1.79 bits per heavy atom. The van der Waals surface area contributed by atoms with Crippen LogP contribution >= 0.6 is 11.3 Å². The molecule has 5 amide bonds. The first-order valence-corrected chi connectivity index (χ1v) is 16.9. The maximum absolute atomic E-state index is 13.9. The first-order valence-electron chi connectivity index (χ1n) is 16.0. The van der Waals surface area contributed by atoms with Crippen molar-refractivity contribution in [1.82, 2.24) is 20.9 Å². The van der Waals surface area contributed by atoms with E-state index in [-0.39, 0.29) is 44.8 Å². The number of allylic oxidation sites excluding steroid dienone is 1. The molecular weight excluding hydrogens is 642 g/mol. The van der Waals surface area contributed by atoms with Gasteiger partial charge in [-0.1, -0.05) is 19.9 Å². The van der Waals surface area contributed by atoms with Crippen LogP contribution in [0.2, 0.25) is 0 Å². The lowest BCUT2D eigenvalue weighted by atomic mass is 10.0. The lowest BCUT2D eigenvalue weighted by Crippen LogP contribution is -2.57. The number of rotatable bonds is 19. The average Bonchev–Trinajstić information content (AvgIpc) is 3.75. The number of hydrogen-bond donors (Lipinski definition) is 4. The van der Waals surface area contributed by atoms with Gasteiger partial charge in [-0.2, -0.15) is 11.3 Å². The molecule has 2 heterocycles. The number of nitrogens with two attached hydrogens (primary N) is 1. The maximum atomic E-state index is 13.9. The van der Waals surface area contributed by atoms with E-state index in [1.807, 2.05) is 30.7 Å². The molecule has 5 N–H and O–H groups in total. The van der Waals surface area contributed by atoms with Crippen LogP contribution in [0.4, 0.5) is 0 Å². The summed E-state index contributed by atoms with van der Waals surface area (Å²) in [5.74, 6) is -4.18. The van der Waals surface area contributed by atoms with Crippen molar-refractivity contribution in [2.75, 3.05) is 20.3 Å². The summed E-state index contributed by atoms with van der Waals surface area (Å²) in [6, 6.07) is -2.38. The highest BCUT2D eigenvalue weighted by Crippen LogP contribution is 2.21. The van der Waals surface area contributed by atoms with Crippen molar-refractivity contribution in [3.05, 3.63) is 40.6 Å². The van der Waals surface area contributed by atoms with Gasteiger partial charge < -0.3 is 36.1 Å². The van der Waals surface area contributed by atoms with Crippen molar-refractivity contribution < 1.29 is 43.0 Å². The fourth-order valence-corrected chi connectivity index (χ4v) is 5.71. The Morgan fingerprint density at radius 3 is 2.42 bits per heavy atom. The van der Waals surface area contributed by atoms with Crippen molar-refractivity contribution in [2.24, 2.45) is 11.7 Å². The lowest BCUT2D eigenvalue weighted by molar-refractivity contribution is -0.147. The van der Waals surface area contributed by atoms with Crippen LogP contribution in [0.1, 0.15) is 71.3 Å². The van der Waals surface area contributed by atoms with E-state index in [1.165, 1.54) is 41.6 Å². The van der Waals surface area contributed by atoms with E-state index in [4.69, 9.17) is 15.2 Å². The van der Waals surface area contributed by atoms with Crippen molar-refractivity contribution in [2.45, 2.75) is 89.9 Å². The summed E-state index contributed by atoms with van der Waals surface area (Å²) >= 11 is 1.46. The molecule has 2 rings (SSSR count). The summed E-state index contributed by atoms with van der Waals surface area (Å²) in [7, 11) is 1.23. The number of thiophene rings is 1. The van der Waals surface area contributed by atoms with Gasteiger partial charge in [0.25, 0.3) is 0 Å². The third-order valence-electron chi connectivity index (χ3n) is 7.41. The summed E-state index contributed by atoms with van der Waals surface area (Å²) in [6.45, 7) is 5.87. The zero-order chi connectivity index (χ0) is 35.6. The molecule has 1 aliphatic rings. The summed E-state index contributed by atoms with van der Waals surface area (Å²) in [5.41, 5.74) is 6.17. The summed E-state index contributed by atoms with van der Waals surface area (Å²) < 4.78 is 9.71. The Balaban J connectivity index is 2.25. The lowest BCUT2D eigenvalue weighted by Gasteiger charge is -2.30. The molecule has 1 saturated heterocycles. The van der Waals surface area contributed by atoms with E-state index >= 15 is 0 Å². The van der Waals surface area contributed by atoms with Crippen LogP contribution < -0.4 is 21.7 Å².